The molecular weight excluding hydrogens is 414 g/mol. The SMILES string of the molecule is CCC(C)c1ccc(C(NC(=O)CN2C(=O)NC3(CCc4ccccc43)C2=O)C(C)C)cc1. The van der Waals surface area contributed by atoms with Crippen LogP contribution in [0.3, 0.4) is 0 Å². The monoisotopic (exact) mass is 447 g/mol. The van der Waals surface area contributed by atoms with Crippen LogP contribution in [0.2, 0.25) is 0 Å². The zero-order valence-electron chi connectivity index (χ0n) is 19.9. The van der Waals surface area contributed by atoms with Gasteiger partial charge in [0, 0.05) is 0 Å². The summed E-state index contributed by atoms with van der Waals surface area (Å²) < 4.78 is 0. The Morgan fingerprint density at radius 1 is 1.06 bits per heavy atom. The highest BCUT2D eigenvalue weighted by molar-refractivity contribution is 6.09. The van der Waals surface area contributed by atoms with Gasteiger partial charge >= 0.3 is 6.03 Å². The van der Waals surface area contributed by atoms with Gasteiger partial charge in [-0.2, -0.15) is 0 Å². The summed E-state index contributed by atoms with van der Waals surface area (Å²) in [6.45, 7) is 8.17. The lowest BCUT2D eigenvalue weighted by Crippen LogP contribution is -2.44. The molecule has 1 fully saturated rings. The van der Waals surface area contributed by atoms with Crippen molar-refractivity contribution in [2.24, 2.45) is 5.92 Å². The summed E-state index contributed by atoms with van der Waals surface area (Å²) in [5, 5.41) is 5.93. The van der Waals surface area contributed by atoms with E-state index < -0.39 is 11.6 Å². The molecule has 33 heavy (non-hydrogen) atoms. The highest BCUT2D eigenvalue weighted by atomic mass is 16.2. The Balaban J connectivity index is 1.47. The van der Waals surface area contributed by atoms with E-state index in [9.17, 15) is 14.4 Å². The topological polar surface area (TPSA) is 78.5 Å². The number of fused-ring (bicyclic) bond motifs is 2. The van der Waals surface area contributed by atoms with Crippen LogP contribution in [0, 0.1) is 5.92 Å². The second-order valence-electron chi connectivity index (χ2n) is 9.65. The first-order chi connectivity index (χ1) is 15.8. The number of hydrogen-bond donors (Lipinski definition) is 2. The van der Waals surface area contributed by atoms with Gasteiger partial charge < -0.3 is 10.6 Å². The Labute approximate surface area is 195 Å². The maximum Gasteiger partial charge on any atom is 0.325 e. The Morgan fingerprint density at radius 2 is 1.73 bits per heavy atom. The van der Waals surface area contributed by atoms with E-state index in [2.05, 4.69) is 48.7 Å². The van der Waals surface area contributed by atoms with Gasteiger partial charge in [-0.15, -0.1) is 0 Å². The van der Waals surface area contributed by atoms with Gasteiger partial charge in [-0.05, 0) is 53.4 Å². The summed E-state index contributed by atoms with van der Waals surface area (Å²) in [6, 6.07) is 15.3. The molecule has 1 aliphatic carbocycles. The predicted molar refractivity (Wildman–Crippen MR) is 128 cm³/mol. The molecule has 6 heteroatoms. The second kappa shape index (κ2) is 9.00. The Morgan fingerprint density at radius 3 is 2.39 bits per heavy atom. The smallest absolute Gasteiger partial charge is 0.325 e. The summed E-state index contributed by atoms with van der Waals surface area (Å²) in [4.78, 5) is 40.1. The van der Waals surface area contributed by atoms with E-state index in [4.69, 9.17) is 0 Å². The molecule has 0 saturated carbocycles. The van der Waals surface area contributed by atoms with Crippen LogP contribution in [-0.4, -0.2) is 29.3 Å². The molecule has 2 aromatic carbocycles. The molecule has 0 aromatic heterocycles. The minimum Gasteiger partial charge on any atom is -0.347 e. The standard InChI is InChI=1S/C27H33N3O3/c1-5-18(4)19-10-12-21(13-11-19)24(17(2)3)28-23(31)16-30-25(32)27(29-26(30)33)15-14-20-8-6-7-9-22(20)27/h6-13,17-18,24H,5,14-16H2,1-4H3,(H,28,31)(H,29,33). The zero-order chi connectivity index (χ0) is 23.8. The number of benzene rings is 2. The molecule has 4 amide bonds. The van der Waals surface area contributed by atoms with Crippen LogP contribution in [0.15, 0.2) is 48.5 Å². The van der Waals surface area contributed by atoms with Crippen LogP contribution in [0.1, 0.15) is 74.8 Å². The van der Waals surface area contributed by atoms with Crippen LogP contribution in [-0.2, 0) is 21.5 Å². The molecule has 6 nitrogen and oxygen atoms in total. The van der Waals surface area contributed by atoms with Gasteiger partial charge in [-0.25, -0.2) is 4.79 Å². The highest BCUT2D eigenvalue weighted by Crippen LogP contribution is 2.41. The molecule has 1 heterocycles. The number of nitrogens with one attached hydrogen (secondary N) is 2. The first-order valence-electron chi connectivity index (χ1n) is 11.9. The molecule has 3 unspecified atom stereocenters. The minimum atomic E-state index is -1.04. The normalized spacial score (nSPS) is 21.3. The summed E-state index contributed by atoms with van der Waals surface area (Å²) in [5.74, 6) is -0.0448. The van der Waals surface area contributed by atoms with Crippen molar-refractivity contribution in [3.63, 3.8) is 0 Å². The largest absolute Gasteiger partial charge is 0.347 e. The quantitative estimate of drug-likeness (QED) is 0.617. The van der Waals surface area contributed by atoms with Crippen LogP contribution in [0.5, 0.6) is 0 Å². The van der Waals surface area contributed by atoms with Crippen molar-refractivity contribution in [1.82, 2.24) is 15.5 Å². The molecule has 4 rings (SSSR count). The number of carbonyl (C=O) groups is 3. The number of imide groups is 1. The Bertz CT molecular complexity index is 1060. The van der Waals surface area contributed by atoms with Crippen LogP contribution in [0.4, 0.5) is 4.79 Å². The molecule has 2 N–H and O–H groups in total. The third kappa shape index (κ3) is 4.14. The molecule has 0 radical (unpaired) electrons. The van der Waals surface area contributed by atoms with Gasteiger partial charge in [0.15, 0.2) is 0 Å². The van der Waals surface area contributed by atoms with E-state index in [0.717, 1.165) is 34.4 Å². The fourth-order valence-electron chi connectivity index (χ4n) is 5.00. The number of urea groups is 1. The fourth-order valence-corrected chi connectivity index (χ4v) is 5.00. The highest BCUT2D eigenvalue weighted by Gasteiger charge is 2.55. The third-order valence-electron chi connectivity index (χ3n) is 7.18. The van der Waals surface area contributed by atoms with Crippen molar-refractivity contribution in [3.8, 4) is 0 Å². The predicted octanol–water partition coefficient (Wildman–Crippen LogP) is 4.41. The van der Waals surface area contributed by atoms with E-state index in [1.807, 2.05) is 38.1 Å². The molecular formula is C27H33N3O3. The van der Waals surface area contributed by atoms with Gasteiger partial charge in [0.2, 0.25) is 5.91 Å². The molecule has 1 aliphatic heterocycles. The molecule has 2 aromatic rings. The average Bonchev–Trinajstić information content (AvgIpc) is 3.30. The number of carbonyl (C=O) groups excluding carboxylic acids is 3. The summed E-state index contributed by atoms with van der Waals surface area (Å²) >= 11 is 0. The molecule has 1 saturated heterocycles. The van der Waals surface area contributed by atoms with Gasteiger partial charge in [0.05, 0.1) is 6.04 Å². The first-order valence-corrected chi connectivity index (χ1v) is 11.9. The lowest BCUT2D eigenvalue weighted by molar-refractivity contribution is -0.135. The van der Waals surface area contributed by atoms with Gasteiger partial charge in [-0.1, -0.05) is 76.2 Å². The minimum absolute atomic E-state index is 0.152. The second-order valence-corrected chi connectivity index (χ2v) is 9.65. The molecule has 1 spiro atoms. The summed E-state index contributed by atoms with van der Waals surface area (Å²) in [6.07, 6.45) is 2.32. The van der Waals surface area contributed by atoms with Crippen molar-refractivity contribution in [3.05, 3.63) is 70.8 Å². The lowest BCUT2D eigenvalue weighted by atomic mass is 9.91. The molecule has 0 bridgehead atoms. The summed E-state index contributed by atoms with van der Waals surface area (Å²) in [5.41, 5.74) is 3.16. The van der Waals surface area contributed by atoms with E-state index in [1.54, 1.807) is 0 Å². The molecule has 2 aliphatic rings. The maximum atomic E-state index is 13.3. The van der Waals surface area contributed by atoms with Gasteiger partial charge in [-0.3, -0.25) is 14.5 Å². The van der Waals surface area contributed by atoms with E-state index in [1.165, 1.54) is 5.56 Å². The Kier molecular flexibility index (Phi) is 6.28. The summed E-state index contributed by atoms with van der Waals surface area (Å²) in [7, 11) is 0. The van der Waals surface area contributed by atoms with Crippen molar-refractivity contribution < 1.29 is 14.4 Å². The third-order valence-corrected chi connectivity index (χ3v) is 7.18. The van der Waals surface area contributed by atoms with Gasteiger partial charge in [0.1, 0.15) is 12.1 Å². The van der Waals surface area contributed by atoms with Crippen LogP contribution >= 0.6 is 0 Å². The van der Waals surface area contributed by atoms with Gasteiger partial charge in [0.25, 0.3) is 5.91 Å². The number of nitrogens with zero attached hydrogens (tertiary/aromatic N) is 1. The van der Waals surface area contributed by atoms with Crippen molar-refractivity contribution >= 4 is 17.8 Å². The van der Waals surface area contributed by atoms with E-state index in [0.29, 0.717) is 12.3 Å². The number of hydrogen-bond acceptors (Lipinski definition) is 3. The Hall–Kier alpha value is -3.15. The van der Waals surface area contributed by atoms with Crippen LogP contribution < -0.4 is 10.6 Å². The first kappa shape index (κ1) is 23.0. The molecule has 3 atom stereocenters. The maximum absolute atomic E-state index is 13.3. The van der Waals surface area contributed by atoms with Crippen molar-refractivity contribution in [2.45, 2.75) is 64.5 Å². The number of rotatable bonds is 7. The average molecular weight is 448 g/mol. The zero-order valence-corrected chi connectivity index (χ0v) is 19.9. The van der Waals surface area contributed by atoms with Crippen molar-refractivity contribution in [1.29, 1.82) is 0 Å². The lowest BCUT2D eigenvalue weighted by Gasteiger charge is -2.25. The fraction of sp³-hybridized carbons (Fsp3) is 0.444. The van der Waals surface area contributed by atoms with E-state index >= 15 is 0 Å². The van der Waals surface area contributed by atoms with E-state index in [-0.39, 0.29) is 30.3 Å². The number of aryl methyl sites for hydroxylation is 1. The molecule has 174 valence electrons. The number of amides is 4. The van der Waals surface area contributed by atoms with Crippen molar-refractivity contribution in [2.75, 3.05) is 6.54 Å². The van der Waals surface area contributed by atoms with Crippen LogP contribution in [0.25, 0.3) is 0 Å².